The smallest absolute Gasteiger partial charge is 0.340 e. The van der Waals surface area contributed by atoms with Crippen LogP contribution in [0.25, 0.3) is 22.3 Å². The van der Waals surface area contributed by atoms with E-state index in [2.05, 4.69) is 5.32 Å². The summed E-state index contributed by atoms with van der Waals surface area (Å²) in [6.07, 6.45) is 2.73. The third-order valence-corrected chi connectivity index (χ3v) is 7.71. The second-order valence-electron chi connectivity index (χ2n) is 9.36. The first-order valence-electron chi connectivity index (χ1n) is 12.1. The van der Waals surface area contributed by atoms with E-state index in [0.717, 1.165) is 23.4 Å². The molecule has 0 saturated heterocycles. The molecular formula is C28H26FN3O6S. The summed E-state index contributed by atoms with van der Waals surface area (Å²) in [7, 11) is -1.23. The SMILES string of the molecule is CNC(=O)c1c(-c2ccc(F)cc2)oc2cc(N(c3ccc(N)c(C(=O)OC)c3)S(C)(=O)=O)c(C3CC3)cc12. The number of hydrogen-bond acceptors (Lipinski definition) is 7. The number of amides is 1. The van der Waals surface area contributed by atoms with Gasteiger partial charge in [0.2, 0.25) is 10.0 Å². The summed E-state index contributed by atoms with van der Waals surface area (Å²) in [4.78, 5) is 25.3. The number of nitrogens with one attached hydrogen (secondary N) is 1. The van der Waals surface area contributed by atoms with E-state index in [1.54, 1.807) is 12.1 Å². The molecule has 1 saturated carbocycles. The molecule has 1 aliphatic rings. The second kappa shape index (κ2) is 9.73. The molecule has 1 heterocycles. The van der Waals surface area contributed by atoms with Crippen LogP contribution in [0.15, 0.2) is 59.0 Å². The number of carbonyl (C=O) groups excluding carboxylic acids is 2. The summed E-state index contributed by atoms with van der Waals surface area (Å²) in [6, 6.07) is 13.2. The van der Waals surface area contributed by atoms with Crippen LogP contribution in [-0.4, -0.2) is 40.7 Å². The number of anilines is 3. The number of methoxy groups -OCH3 is 1. The number of nitrogens with zero attached hydrogens (tertiary/aromatic N) is 1. The Hall–Kier alpha value is -4.38. The summed E-state index contributed by atoms with van der Waals surface area (Å²) < 4.78 is 52.1. The first kappa shape index (κ1) is 26.2. The molecule has 9 nitrogen and oxygen atoms in total. The Kier molecular flexibility index (Phi) is 6.55. The summed E-state index contributed by atoms with van der Waals surface area (Å²) in [5, 5.41) is 3.13. The summed E-state index contributed by atoms with van der Waals surface area (Å²) >= 11 is 0. The van der Waals surface area contributed by atoms with Gasteiger partial charge in [-0.3, -0.25) is 4.79 Å². The number of carbonyl (C=O) groups is 2. The van der Waals surface area contributed by atoms with E-state index < -0.39 is 27.7 Å². The van der Waals surface area contributed by atoms with Gasteiger partial charge in [-0.15, -0.1) is 0 Å². The largest absolute Gasteiger partial charge is 0.465 e. The van der Waals surface area contributed by atoms with Crippen molar-refractivity contribution in [2.45, 2.75) is 18.8 Å². The minimum absolute atomic E-state index is 0.0243. The zero-order valence-corrected chi connectivity index (χ0v) is 22.3. The Balaban J connectivity index is 1.79. The number of benzene rings is 3. The molecule has 0 radical (unpaired) electrons. The van der Waals surface area contributed by atoms with Gasteiger partial charge in [0.25, 0.3) is 5.91 Å². The van der Waals surface area contributed by atoms with Crippen LogP contribution in [0.3, 0.4) is 0 Å². The lowest BCUT2D eigenvalue weighted by atomic mass is 10.00. The lowest BCUT2D eigenvalue weighted by Crippen LogP contribution is -2.26. The highest BCUT2D eigenvalue weighted by atomic mass is 32.2. The van der Waals surface area contributed by atoms with E-state index in [0.29, 0.717) is 22.2 Å². The maximum absolute atomic E-state index is 13.6. The number of esters is 1. The minimum atomic E-state index is -3.93. The summed E-state index contributed by atoms with van der Waals surface area (Å²) in [6.45, 7) is 0. The number of nitrogens with two attached hydrogens (primary N) is 1. The molecule has 1 aliphatic carbocycles. The van der Waals surface area contributed by atoms with Crippen LogP contribution in [0.5, 0.6) is 0 Å². The predicted octanol–water partition coefficient (Wildman–Crippen LogP) is 4.94. The van der Waals surface area contributed by atoms with Gasteiger partial charge in [0, 0.05) is 29.8 Å². The van der Waals surface area contributed by atoms with Crippen molar-refractivity contribution in [1.29, 1.82) is 0 Å². The number of fused-ring (bicyclic) bond motifs is 1. The Labute approximate surface area is 224 Å². The van der Waals surface area contributed by atoms with Gasteiger partial charge in [-0.2, -0.15) is 0 Å². The fourth-order valence-electron chi connectivity index (χ4n) is 4.67. The van der Waals surface area contributed by atoms with Crippen LogP contribution in [0.2, 0.25) is 0 Å². The lowest BCUT2D eigenvalue weighted by molar-refractivity contribution is 0.0601. The highest BCUT2D eigenvalue weighted by Crippen LogP contribution is 2.49. The van der Waals surface area contributed by atoms with Crippen molar-refractivity contribution in [2.75, 3.05) is 30.5 Å². The van der Waals surface area contributed by atoms with Crippen molar-refractivity contribution in [3.05, 3.63) is 77.1 Å². The Morgan fingerprint density at radius 1 is 1.10 bits per heavy atom. The first-order chi connectivity index (χ1) is 18.5. The molecule has 11 heteroatoms. The summed E-state index contributed by atoms with van der Waals surface area (Å²) in [5.41, 5.74) is 8.36. The van der Waals surface area contributed by atoms with Gasteiger partial charge in [0.1, 0.15) is 17.2 Å². The minimum Gasteiger partial charge on any atom is -0.465 e. The molecule has 3 aromatic carbocycles. The molecule has 0 unspecified atom stereocenters. The number of ether oxygens (including phenoxy) is 1. The number of hydrogen-bond donors (Lipinski definition) is 2. The molecule has 3 N–H and O–H groups in total. The van der Waals surface area contributed by atoms with E-state index in [4.69, 9.17) is 14.9 Å². The van der Waals surface area contributed by atoms with Crippen molar-refractivity contribution in [1.82, 2.24) is 5.32 Å². The Morgan fingerprint density at radius 3 is 2.38 bits per heavy atom. The zero-order chi connectivity index (χ0) is 28.1. The predicted molar refractivity (Wildman–Crippen MR) is 146 cm³/mol. The van der Waals surface area contributed by atoms with Crippen molar-refractivity contribution in [2.24, 2.45) is 0 Å². The van der Waals surface area contributed by atoms with E-state index >= 15 is 0 Å². The number of sulfonamides is 1. The number of halogens is 1. The van der Waals surface area contributed by atoms with E-state index in [-0.39, 0.29) is 39.8 Å². The van der Waals surface area contributed by atoms with Gasteiger partial charge < -0.3 is 20.2 Å². The molecular weight excluding hydrogens is 525 g/mol. The van der Waals surface area contributed by atoms with E-state index in [9.17, 15) is 22.4 Å². The zero-order valence-electron chi connectivity index (χ0n) is 21.4. The average Bonchev–Trinajstić information content (AvgIpc) is 3.68. The number of rotatable bonds is 7. The standard InChI is InChI=1S/C28H26FN3O6S/c1-31-27(33)25-21-13-19(15-4-5-15)23(14-24(21)38-26(25)16-6-8-17(29)9-7-16)32(39(3,35)36)18-10-11-22(30)20(12-18)28(34)37-2/h6-15H,4-5,30H2,1-3H3,(H,31,33). The molecule has 1 fully saturated rings. The van der Waals surface area contributed by atoms with E-state index in [1.807, 2.05) is 0 Å². The van der Waals surface area contributed by atoms with Crippen molar-refractivity contribution in [3.8, 4) is 11.3 Å². The first-order valence-corrected chi connectivity index (χ1v) is 13.9. The lowest BCUT2D eigenvalue weighted by Gasteiger charge is -2.26. The maximum atomic E-state index is 13.6. The molecule has 1 amide bonds. The molecule has 0 bridgehead atoms. The number of nitrogen functional groups attached to an aromatic ring is 1. The van der Waals surface area contributed by atoms with Crippen LogP contribution < -0.4 is 15.4 Å². The highest BCUT2D eigenvalue weighted by Gasteiger charge is 2.34. The third kappa shape index (κ3) is 4.81. The van der Waals surface area contributed by atoms with Crippen molar-refractivity contribution >= 4 is 49.9 Å². The monoisotopic (exact) mass is 551 g/mol. The summed E-state index contributed by atoms with van der Waals surface area (Å²) in [5.74, 6) is -1.25. The van der Waals surface area contributed by atoms with Crippen molar-refractivity contribution in [3.63, 3.8) is 0 Å². The molecule has 5 rings (SSSR count). The van der Waals surface area contributed by atoms with Gasteiger partial charge in [0.15, 0.2) is 0 Å². The fraction of sp³-hybridized carbons (Fsp3) is 0.214. The molecule has 0 atom stereocenters. The topological polar surface area (TPSA) is 132 Å². The molecule has 202 valence electrons. The van der Waals surface area contributed by atoms with E-state index in [1.165, 1.54) is 56.6 Å². The highest BCUT2D eigenvalue weighted by molar-refractivity contribution is 7.92. The maximum Gasteiger partial charge on any atom is 0.340 e. The van der Waals surface area contributed by atoms with Crippen molar-refractivity contribution < 1.29 is 31.6 Å². The second-order valence-corrected chi connectivity index (χ2v) is 11.2. The fourth-order valence-corrected chi connectivity index (χ4v) is 5.68. The number of furan rings is 1. The third-order valence-electron chi connectivity index (χ3n) is 6.64. The average molecular weight is 552 g/mol. The van der Waals surface area contributed by atoms with Crippen LogP contribution in [0, 0.1) is 5.82 Å². The molecule has 1 aromatic heterocycles. The Bertz CT molecular complexity index is 1730. The molecule has 0 aliphatic heterocycles. The van der Waals surface area contributed by atoms with Gasteiger partial charge in [-0.1, -0.05) is 0 Å². The molecule has 39 heavy (non-hydrogen) atoms. The quantitative estimate of drug-likeness (QED) is 0.246. The van der Waals surface area contributed by atoms with Gasteiger partial charge in [0.05, 0.1) is 35.9 Å². The van der Waals surface area contributed by atoms with Crippen LogP contribution in [0.1, 0.15) is 45.0 Å². The van der Waals surface area contributed by atoms with Gasteiger partial charge >= 0.3 is 5.97 Å². The Morgan fingerprint density at radius 2 is 1.79 bits per heavy atom. The van der Waals surface area contributed by atoms with Gasteiger partial charge in [-0.25, -0.2) is 21.9 Å². The normalized spacial score (nSPS) is 13.3. The van der Waals surface area contributed by atoms with Crippen LogP contribution in [0.4, 0.5) is 21.5 Å². The molecule has 4 aromatic rings. The van der Waals surface area contributed by atoms with Gasteiger partial charge in [-0.05, 0) is 72.9 Å². The van der Waals surface area contributed by atoms with Crippen LogP contribution >= 0.6 is 0 Å². The van der Waals surface area contributed by atoms with Crippen LogP contribution in [-0.2, 0) is 14.8 Å². The molecule has 0 spiro atoms.